The molecule has 2 atom stereocenters. The molecule has 5 nitrogen and oxygen atoms in total. The summed E-state index contributed by atoms with van der Waals surface area (Å²) in [6, 6.07) is 13.8. The van der Waals surface area contributed by atoms with Crippen molar-refractivity contribution >= 4 is 29.4 Å². The predicted molar refractivity (Wildman–Crippen MR) is 90.0 cm³/mol. The Kier molecular flexibility index (Phi) is 3.81. The summed E-state index contributed by atoms with van der Waals surface area (Å²) < 4.78 is 0. The van der Waals surface area contributed by atoms with E-state index in [1.165, 1.54) is 0 Å². The van der Waals surface area contributed by atoms with Gasteiger partial charge < -0.3 is 4.84 Å². The lowest BCUT2D eigenvalue weighted by Crippen LogP contribution is -2.39. The fourth-order valence-electron chi connectivity index (χ4n) is 3.34. The van der Waals surface area contributed by atoms with E-state index in [2.05, 4.69) is 0 Å². The highest BCUT2D eigenvalue weighted by Crippen LogP contribution is 2.45. The molecule has 1 saturated carbocycles. The van der Waals surface area contributed by atoms with Crippen LogP contribution in [0.1, 0.15) is 45.0 Å². The zero-order valence-corrected chi connectivity index (χ0v) is 13.9. The summed E-state index contributed by atoms with van der Waals surface area (Å²) in [5, 5.41) is 1.17. The quantitative estimate of drug-likeness (QED) is 0.789. The van der Waals surface area contributed by atoms with E-state index < -0.39 is 23.7 Å². The molecule has 2 aliphatic rings. The van der Waals surface area contributed by atoms with Crippen LogP contribution in [0.3, 0.4) is 0 Å². The van der Waals surface area contributed by atoms with E-state index in [-0.39, 0.29) is 17.0 Å². The highest BCUT2D eigenvalue weighted by Gasteiger charge is 2.44. The van der Waals surface area contributed by atoms with Crippen LogP contribution in [-0.2, 0) is 9.63 Å². The van der Waals surface area contributed by atoms with Crippen molar-refractivity contribution in [1.29, 1.82) is 0 Å². The van der Waals surface area contributed by atoms with Gasteiger partial charge in [0, 0.05) is 5.02 Å². The van der Waals surface area contributed by atoms with Crippen molar-refractivity contribution in [2.45, 2.75) is 18.8 Å². The lowest BCUT2D eigenvalue weighted by Gasteiger charge is -2.35. The first kappa shape index (κ1) is 15.8. The van der Waals surface area contributed by atoms with Crippen LogP contribution in [0.5, 0.6) is 0 Å². The van der Waals surface area contributed by atoms with Crippen LogP contribution in [0, 0.1) is 5.92 Å². The molecule has 4 rings (SSSR count). The van der Waals surface area contributed by atoms with Crippen LogP contribution in [0.15, 0.2) is 48.5 Å². The average molecular weight is 356 g/mol. The van der Waals surface area contributed by atoms with Crippen molar-refractivity contribution in [3.8, 4) is 0 Å². The highest BCUT2D eigenvalue weighted by molar-refractivity contribution is 6.31. The number of carbonyl (C=O) groups is 3. The number of benzene rings is 2. The standard InChI is InChI=1S/C19H14ClNO4/c20-16-8-4-3-5-12(16)11-9-10-15(11)19(24)25-21-17(22)13-6-1-2-7-14(13)18(21)23/h1-8,11,15H,9-10H2. The van der Waals surface area contributed by atoms with Gasteiger partial charge in [0.2, 0.25) is 0 Å². The summed E-state index contributed by atoms with van der Waals surface area (Å²) >= 11 is 6.21. The van der Waals surface area contributed by atoms with Gasteiger partial charge in [-0.2, -0.15) is 0 Å². The third-order valence-corrected chi connectivity index (χ3v) is 5.16. The van der Waals surface area contributed by atoms with E-state index in [9.17, 15) is 14.4 Å². The number of hydroxylamine groups is 2. The summed E-state index contributed by atoms with van der Waals surface area (Å²) in [5.41, 5.74) is 1.38. The molecule has 0 saturated heterocycles. The minimum absolute atomic E-state index is 0.0589. The van der Waals surface area contributed by atoms with E-state index in [0.717, 1.165) is 12.0 Å². The van der Waals surface area contributed by atoms with Crippen LogP contribution in [0.25, 0.3) is 0 Å². The maximum atomic E-state index is 12.5. The normalized spacial score (nSPS) is 21.7. The molecule has 2 unspecified atom stereocenters. The average Bonchev–Trinajstić information content (AvgIpc) is 2.81. The van der Waals surface area contributed by atoms with Crippen molar-refractivity contribution < 1.29 is 19.2 Å². The van der Waals surface area contributed by atoms with Crippen molar-refractivity contribution in [1.82, 2.24) is 5.06 Å². The fraction of sp³-hybridized carbons (Fsp3) is 0.211. The summed E-state index contributed by atoms with van der Waals surface area (Å²) in [6.07, 6.45) is 1.45. The Bertz CT molecular complexity index is 859. The minimum Gasteiger partial charge on any atom is -0.329 e. The molecule has 1 aliphatic carbocycles. The SMILES string of the molecule is O=C(ON1C(=O)c2ccccc2C1=O)C1CCC1c1ccccc1Cl. The number of hydrogen-bond donors (Lipinski definition) is 0. The van der Waals surface area contributed by atoms with E-state index >= 15 is 0 Å². The number of imide groups is 1. The van der Waals surface area contributed by atoms with Gasteiger partial charge in [-0.15, -0.1) is 0 Å². The Morgan fingerprint density at radius 2 is 1.56 bits per heavy atom. The van der Waals surface area contributed by atoms with Gasteiger partial charge in [0.1, 0.15) is 0 Å². The predicted octanol–water partition coefficient (Wildman–Crippen LogP) is 3.59. The van der Waals surface area contributed by atoms with Crippen molar-refractivity contribution in [3.63, 3.8) is 0 Å². The molecule has 0 spiro atoms. The van der Waals surface area contributed by atoms with E-state index in [1.54, 1.807) is 30.3 Å². The van der Waals surface area contributed by atoms with E-state index in [1.807, 2.05) is 18.2 Å². The molecule has 1 aliphatic heterocycles. The monoisotopic (exact) mass is 355 g/mol. The second kappa shape index (κ2) is 6.01. The minimum atomic E-state index is -0.609. The van der Waals surface area contributed by atoms with Crippen LogP contribution >= 0.6 is 11.6 Å². The molecule has 2 amide bonds. The van der Waals surface area contributed by atoms with Gasteiger partial charge in [0.05, 0.1) is 17.0 Å². The Balaban J connectivity index is 1.51. The molecule has 2 aromatic carbocycles. The molecule has 0 radical (unpaired) electrons. The molecule has 0 aromatic heterocycles. The number of nitrogens with zero attached hydrogens (tertiary/aromatic N) is 1. The van der Waals surface area contributed by atoms with Gasteiger partial charge in [-0.25, -0.2) is 4.79 Å². The maximum Gasteiger partial charge on any atom is 0.336 e. The second-order valence-electron chi connectivity index (χ2n) is 6.17. The molecule has 0 N–H and O–H groups in total. The smallest absolute Gasteiger partial charge is 0.329 e. The topological polar surface area (TPSA) is 63.7 Å². The second-order valence-corrected chi connectivity index (χ2v) is 6.58. The van der Waals surface area contributed by atoms with Crippen molar-refractivity contribution in [2.24, 2.45) is 5.92 Å². The lowest BCUT2D eigenvalue weighted by atomic mass is 9.70. The third kappa shape index (κ3) is 2.51. The Morgan fingerprint density at radius 1 is 0.960 bits per heavy atom. The van der Waals surface area contributed by atoms with Gasteiger partial charge >= 0.3 is 5.97 Å². The first-order valence-corrected chi connectivity index (χ1v) is 8.40. The van der Waals surface area contributed by atoms with Crippen molar-refractivity contribution in [2.75, 3.05) is 0 Å². The van der Waals surface area contributed by atoms with Gasteiger partial charge in [-0.05, 0) is 42.5 Å². The summed E-state index contributed by atoms with van der Waals surface area (Å²) in [6.45, 7) is 0. The number of carbonyl (C=O) groups excluding carboxylic acids is 3. The first-order chi connectivity index (χ1) is 12.1. The van der Waals surface area contributed by atoms with Crippen molar-refractivity contribution in [3.05, 3.63) is 70.2 Å². The number of rotatable bonds is 3. The van der Waals surface area contributed by atoms with Gasteiger partial charge in [-0.1, -0.05) is 47.0 Å². The number of amides is 2. The Labute approximate surface area is 149 Å². The van der Waals surface area contributed by atoms with E-state index in [0.29, 0.717) is 16.5 Å². The Hall–Kier alpha value is -2.66. The summed E-state index contributed by atoms with van der Waals surface area (Å²) in [7, 11) is 0. The number of hydrogen-bond acceptors (Lipinski definition) is 4. The first-order valence-electron chi connectivity index (χ1n) is 8.02. The largest absolute Gasteiger partial charge is 0.336 e. The Morgan fingerprint density at radius 3 is 2.12 bits per heavy atom. The summed E-state index contributed by atoms with van der Waals surface area (Å²) in [5.74, 6) is -2.27. The molecule has 1 heterocycles. The fourth-order valence-corrected chi connectivity index (χ4v) is 3.61. The molecule has 6 heteroatoms. The number of fused-ring (bicyclic) bond motifs is 1. The van der Waals surface area contributed by atoms with Gasteiger partial charge in [0.15, 0.2) is 0 Å². The van der Waals surface area contributed by atoms with Crippen LogP contribution in [0.2, 0.25) is 5.02 Å². The van der Waals surface area contributed by atoms with Gasteiger partial charge in [0.25, 0.3) is 11.8 Å². The lowest BCUT2D eigenvalue weighted by molar-refractivity contribution is -0.177. The molecule has 126 valence electrons. The van der Waals surface area contributed by atoms with E-state index in [4.69, 9.17) is 16.4 Å². The third-order valence-electron chi connectivity index (χ3n) is 4.82. The number of halogens is 1. The molecule has 2 aromatic rings. The van der Waals surface area contributed by atoms with Crippen LogP contribution < -0.4 is 0 Å². The molecule has 0 bridgehead atoms. The van der Waals surface area contributed by atoms with Crippen LogP contribution in [0.4, 0.5) is 0 Å². The van der Waals surface area contributed by atoms with Crippen LogP contribution in [-0.4, -0.2) is 22.8 Å². The molecule has 1 fully saturated rings. The molecular weight excluding hydrogens is 342 g/mol. The zero-order chi connectivity index (χ0) is 17.6. The highest BCUT2D eigenvalue weighted by atomic mass is 35.5. The maximum absolute atomic E-state index is 12.5. The molecule has 25 heavy (non-hydrogen) atoms. The van der Waals surface area contributed by atoms with Gasteiger partial charge in [-0.3, -0.25) is 9.59 Å². The molecular formula is C19H14ClNO4. The zero-order valence-electron chi connectivity index (χ0n) is 13.1. The summed E-state index contributed by atoms with van der Waals surface area (Å²) in [4.78, 5) is 42.2.